The maximum Gasteiger partial charge on any atom is 0.229 e. The molecule has 4 aromatic heterocycles. The van der Waals surface area contributed by atoms with E-state index in [0.717, 1.165) is 111 Å². The highest BCUT2D eigenvalue weighted by Crippen LogP contribution is 2.43. The van der Waals surface area contributed by atoms with Crippen molar-refractivity contribution >= 4 is 100 Å². The van der Waals surface area contributed by atoms with Crippen molar-refractivity contribution in [2.45, 2.75) is 0 Å². The quantitative estimate of drug-likeness (QED) is 0.152. The van der Waals surface area contributed by atoms with Crippen LogP contribution in [0.5, 0.6) is 0 Å². The molecule has 0 amide bonds. The molecule has 6 nitrogen and oxygen atoms in total. The first-order chi connectivity index (χ1) is 32.2. The SMILES string of the molecule is c1ccc(-c2ccc(N(c3ccc4c(c3)oc3ccccc34)c3ccc4c(c3)oc3nc(N(c5ccc(-c6ccccc6)cc5)c5ccc6c(c5)oc5ccccc56)ccc34)cc2)cc1. The lowest BCUT2D eigenvalue weighted by Gasteiger charge is -2.25. The van der Waals surface area contributed by atoms with Crippen molar-refractivity contribution in [3.05, 3.63) is 224 Å². The Bertz CT molecular complexity index is 3630. The van der Waals surface area contributed by atoms with Gasteiger partial charge in [-0.05, 0) is 107 Å². The number of hydrogen-bond acceptors (Lipinski definition) is 6. The van der Waals surface area contributed by atoms with E-state index in [1.54, 1.807) is 0 Å². The van der Waals surface area contributed by atoms with Gasteiger partial charge in [-0.1, -0.05) is 121 Å². The van der Waals surface area contributed by atoms with Crippen LogP contribution in [0.4, 0.5) is 34.3 Å². The molecule has 0 unspecified atom stereocenters. The Labute approximate surface area is 373 Å². The van der Waals surface area contributed by atoms with Gasteiger partial charge < -0.3 is 18.2 Å². The second kappa shape index (κ2) is 14.9. The van der Waals surface area contributed by atoms with Gasteiger partial charge in [-0.3, -0.25) is 4.90 Å². The Morgan fingerprint density at radius 2 is 0.631 bits per heavy atom. The fraction of sp³-hybridized carbons (Fsp3) is 0. The molecule has 0 bridgehead atoms. The van der Waals surface area contributed by atoms with Gasteiger partial charge >= 0.3 is 0 Å². The first-order valence-electron chi connectivity index (χ1n) is 21.8. The number of hydrogen-bond donors (Lipinski definition) is 0. The van der Waals surface area contributed by atoms with Gasteiger partial charge in [0.25, 0.3) is 0 Å². The summed E-state index contributed by atoms with van der Waals surface area (Å²) in [6.07, 6.45) is 0. The number of nitrogens with zero attached hydrogens (tertiary/aromatic N) is 3. The molecule has 9 aromatic carbocycles. The second-order valence-corrected chi connectivity index (χ2v) is 16.4. The van der Waals surface area contributed by atoms with E-state index in [1.165, 1.54) is 5.56 Å². The Morgan fingerprint density at radius 3 is 1.15 bits per heavy atom. The standard InChI is InChI=1S/C59H37N3O3/c1-3-11-38(12-4-1)40-19-23-42(24-20-40)61(44-27-30-49-47-15-7-9-17-53(47)63-55(49)35-44)45-28-32-51-52-33-34-58(60-59(52)65-57(51)36-45)62(43-25-21-41(22-26-43)39-13-5-2-6-14-39)46-29-31-50-48-16-8-10-18-54(48)64-56(50)37-46/h1-37H. The van der Waals surface area contributed by atoms with Crippen molar-refractivity contribution in [3.63, 3.8) is 0 Å². The Hall–Kier alpha value is -8.87. The van der Waals surface area contributed by atoms with Gasteiger partial charge in [-0.15, -0.1) is 0 Å². The average Bonchev–Trinajstić information content (AvgIpc) is 4.05. The normalized spacial score (nSPS) is 11.7. The van der Waals surface area contributed by atoms with E-state index in [2.05, 4.69) is 186 Å². The van der Waals surface area contributed by atoms with Crippen LogP contribution in [-0.4, -0.2) is 4.98 Å². The van der Waals surface area contributed by atoms with E-state index >= 15 is 0 Å². The highest BCUT2D eigenvalue weighted by molar-refractivity contribution is 6.09. The van der Waals surface area contributed by atoms with Gasteiger partial charge in [0.15, 0.2) is 0 Å². The van der Waals surface area contributed by atoms with Crippen molar-refractivity contribution < 1.29 is 13.3 Å². The van der Waals surface area contributed by atoms with Crippen molar-refractivity contribution in [2.24, 2.45) is 0 Å². The predicted molar refractivity (Wildman–Crippen MR) is 266 cm³/mol. The van der Waals surface area contributed by atoms with Gasteiger partial charge in [0.2, 0.25) is 5.71 Å². The third-order valence-electron chi connectivity index (χ3n) is 12.5. The van der Waals surface area contributed by atoms with E-state index < -0.39 is 0 Å². The number of aromatic nitrogens is 1. The number of anilines is 6. The van der Waals surface area contributed by atoms with Crippen LogP contribution < -0.4 is 9.80 Å². The number of rotatable bonds is 8. The zero-order chi connectivity index (χ0) is 42.8. The number of benzene rings is 9. The van der Waals surface area contributed by atoms with E-state index in [-0.39, 0.29) is 0 Å². The Balaban J connectivity index is 0.929. The molecule has 0 aliphatic rings. The van der Waals surface area contributed by atoms with Crippen LogP contribution in [0.25, 0.3) is 88.2 Å². The summed E-state index contributed by atoms with van der Waals surface area (Å²) < 4.78 is 19.5. The summed E-state index contributed by atoms with van der Waals surface area (Å²) in [7, 11) is 0. The monoisotopic (exact) mass is 835 g/mol. The fourth-order valence-corrected chi connectivity index (χ4v) is 9.33. The molecule has 4 heterocycles. The highest BCUT2D eigenvalue weighted by atomic mass is 16.3. The van der Waals surface area contributed by atoms with E-state index in [4.69, 9.17) is 18.2 Å². The van der Waals surface area contributed by atoms with Crippen molar-refractivity contribution in [1.29, 1.82) is 0 Å². The molecule has 0 saturated heterocycles. The summed E-state index contributed by atoms with van der Waals surface area (Å²) in [4.78, 5) is 9.67. The number of para-hydroxylation sites is 2. The first-order valence-corrected chi connectivity index (χ1v) is 21.8. The largest absolute Gasteiger partial charge is 0.456 e. The van der Waals surface area contributed by atoms with Crippen LogP contribution >= 0.6 is 0 Å². The van der Waals surface area contributed by atoms with Gasteiger partial charge in [0, 0.05) is 73.3 Å². The molecule has 13 rings (SSSR count). The zero-order valence-electron chi connectivity index (χ0n) is 34.9. The maximum atomic E-state index is 6.75. The van der Waals surface area contributed by atoms with Crippen molar-refractivity contribution in [3.8, 4) is 22.3 Å². The molecular weight excluding hydrogens is 799 g/mol. The van der Waals surface area contributed by atoms with Crippen LogP contribution in [0, 0.1) is 0 Å². The van der Waals surface area contributed by atoms with E-state index in [1.807, 2.05) is 48.5 Å². The third-order valence-corrected chi connectivity index (χ3v) is 12.5. The maximum absolute atomic E-state index is 6.75. The van der Waals surface area contributed by atoms with Crippen molar-refractivity contribution in [2.75, 3.05) is 9.80 Å². The van der Waals surface area contributed by atoms with E-state index in [9.17, 15) is 0 Å². The summed E-state index contributed by atoms with van der Waals surface area (Å²) in [5, 5.41) is 6.26. The van der Waals surface area contributed by atoms with Crippen LogP contribution in [-0.2, 0) is 0 Å². The summed E-state index contributed by atoms with van der Waals surface area (Å²) in [5.74, 6) is 0.721. The van der Waals surface area contributed by atoms with Gasteiger partial charge in [-0.2, -0.15) is 4.98 Å². The number of fused-ring (bicyclic) bond motifs is 9. The highest BCUT2D eigenvalue weighted by Gasteiger charge is 2.21. The molecule has 0 N–H and O–H groups in total. The van der Waals surface area contributed by atoms with Crippen LogP contribution in [0.15, 0.2) is 238 Å². The first kappa shape index (κ1) is 36.8. The summed E-state index contributed by atoms with van der Waals surface area (Å²) in [5.41, 5.74) is 14.1. The van der Waals surface area contributed by atoms with Crippen LogP contribution in [0.3, 0.4) is 0 Å². The third kappa shape index (κ3) is 6.30. The van der Waals surface area contributed by atoms with Crippen LogP contribution in [0.1, 0.15) is 0 Å². The lowest BCUT2D eigenvalue weighted by molar-refractivity contribution is 0.654. The molecule has 0 saturated carbocycles. The lowest BCUT2D eigenvalue weighted by Crippen LogP contribution is -2.11. The van der Waals surface area contributed by atoms with Gasteiger partial charge in [-0.25, -0.2) is 0 Å². The summed E-state index contributed by atoms with van der Waals surface area (Å²) in [6, 6.07) is 77.9. The minimum absolute atomic E-state index is 0.549. The number of pyridine rings is 1. The molecule has 0 radical (unpaired) electrons. The molecule has 0 atom stereocenters. The molecule has 306 valence electrons. The lowest BCUT2D eigenvalue weighted by atomic mass is 10.0. The molecule has 0 spiro atoms. The molecule has 0 aliphatic heterocycles. The van der Waals surface area contributed by atoms with E-state index in [0.29, 0.717) is 5.71 Å². The Kier molecular flexibility index (Phi) is 8.42. The summed E-state index contributed by atoms with van der Waals surface area (Å²) in [6.45, 7) is 0. The molecule has 13 aromatic rings. The smallest absolute Gasteiger partial charge is 0.229 e. The molecule has 6 heteroatoms. The van der Waals surface area contributed by atoms with Crippen molar-refractivity contribution in [1.82, 2.24) is 4.98 Å². The average molecular weight is 836 g/mol. The topological polar surface area (TPSA) is 58.8 Å². The number of furan rings is 3. The Morgan fingerprint density at radius 1 is 0.262 bits per heavy atom. The minimum atomic E-state index is 0.549. The molecule has 65 heavy (non-hydrogen) atoms. The molecule has 0 fully saturated rings. The summed E-state index contributed by atoms with van der Waals surface area (Å²) >= 11 is 0. The fourth-order valence-electron chi connectivity index (χ4n) is 9.33. The predicted octanol–water partition coefficient (Wildman–Crippen LogP) is 17.1. The minimum Gasteiger partial charge on any atom is -0.456 e. The zero-order valence-corrected chi connectivity index (χ0v) is 34.9. The van der Waals surface area contributed by atoms with Crippen LogP contribution in [0.2, 0.25) is 0 Å². The van der Waals surface area contributed by atoms with Gasteiger partial charge in [0.05, 0.1) is 5.69 Å². The molecule has 0 aliphatic carbocycles. The van der Waals surface area contributed by atoms with Gasteiger partial charge in [0.1, 0.15) is 33.7 Å². The molecular formula is C59H37N3O3. The second-order valence-electron chi connectivity index (χ2n) is 16.4.